The zero-order chi connectivity index (χ0) is 13.5. The second-order valence-corrected chi connectivity index (χ2v) is 3.44. The van der Waals surface area contributed by atoms with E-state index in [0.717, 1.165) is 0 Å². The molecule has 1 rings (SSSR count). The molecular formula is C13H14O5. The van der Waals surface area contributed by atoms with E-state index < -0.39 is 5.97 Å². The molecule has 0 aliphatic rings. The summed E-state index contributed by atoms with van der Waals surface area (Å²) in [6.45, 7) is 0. The zero-order valence-electron chi connectivity index (χ0n) is 10.2. The number of benzene rings is 1. The van der Waals surface area contributed by atoms with Gasteiger partial charge < -0.3 is 14.6 Å². The third kappa shape index (κ3) is 3.62. The van der Waals surface area contributed by atoms with Crippen molar-refractivity contribution in [3.05, 3.63) is 35.4 Å². The molecule has 5 nitrogen and oxygen atoms in total. The monoisotopic (exact) mass is 250 g/mol. The molecule has 96 valence electrons. The fourth-order valence-corrected chi connectivity index (χ4v) is 1.37. The summed E-state index contributed by atoms with van der Waals surface area (Å²) in [7, 11) is 2.79. The molecular weight excluding hydrogens is 236 g/mol. The Kier molecular flexibility index (Phi) is 4.92. The maximum Gasteiger partial charge on any atom is 0.336 e. The molecule has 0 heterocycles. The standard InChI is InChI=1S/C13H14O5/c1-17-10-6-7-11(13(15)16)9(8-10)4-3-5-12(14)18-2/h3-4,6-8H,5H2,1-2H3,(H,15,16). The van der Waals surface area contributed by atoms with E-state index in [1.165, 1.54) is 20.3 Å². The highest BCUT2D eigenvalue weighted by atomic mass is 16.5. The van der Waals surface area contributed by atoms with Gasteiger partial charge in [-0.2, -0.15) is 0 Å². The average molecular weight is 250 g/mol. The van der Waals surface area contributed by atoms with Gasteiger partial charge in [0.25, 0.3) is 0 Å². The fourth-order valence-electron chi connectivity index (χ4n) is 1.37. The largest absolute Gasteiger partial charge is 0.497 e. The predicted molar refractivity (Wildman–Crippen MR) is 65.6 cm³/mol. The highest BCUT2D eigenvalue weighted by Crippen LogP contribution is 2.19. The number of carbonyl (C=O) groups is 2. The van der Waals surface area contributed by atoms with Crippen molar-refractivity contribution in [3.8, 4) is 5.75 Å². The van der Waals surface area contributed by atoms with E-state index in [2.05, 4.69) is 4.74 Å². The van der Waals surface area contributed by atoms with Crippen molar-refractivity contribution in [3.63, 3.8) is 0 Å². The molecule has 0 unspecified atom stereocenters. The number of rotatable bonds is 5. The minimum atomic E-state index is -1.03. The van der Waals surface area contributed by atoms with Gasteiger partial charge in [0, 0.05) is 0 Å². The summed E-state index contributed by atoms with van der Waals surface area (Å²) in [5, 5.41) is 9.02. The number of aromatic carboxylic acids is 1. The van der Waals surface area contributed by atoms with E-state index in [1.807, 2.05) is 0 Å². The first-order valence-electron chi connectivity index (χ1n) is 5.23. The van der Waals surface area contributed by atoms with Crippen molar-refractivity contribution in [2.45, 2.75) is 6.42 Å². The van der Waals surface area contributed by atoms with Gasteiger partial charge in [0.15, 0.2) is 0 Å². The van der Waals surface area contributed by atoms with Crippen LogP contribution in [0.2, 0.25) is 0 Å². The topological polar surface area (TPSA) is 72.8 Å². The Bertz CT molecular complexity index is 476. The maximum absolute atomic E-state index is 11.0. The van der Waals surface area contributed by atoms with E-state index in [1.54, 1.807) is 24.3 Å². The Labute approximate surface area is 105 Å². The summed E-state index contributed by atoms with van der Waals surface area (Å²) in [4.78, 5) is 21.9. The Hall–Kier alpha value is -2.30. The van der Waals surface area contributed by atoms with Crippen LogP contribution in [0.25, 0.3) is 6.08 Å². The first kappa shape index (κ1) is 13.8. The lowest BCUT2D eigenvalue weighted by Crippen LogP contribution is -2.00. The minimum absolute atomic E-state index is 0.0900. The normalized spacial score (nSPS) is 10.3. The van der Waals surface area contributed by atoms with E-state index in [0.29, 0.717) is 11.3 Å². The lowest BCUT2D eigenvalue weighted by atomic mass is 10.1. The number of esters is 1. The molecule has 0 aliphatic heterocycles. The van der Waals surface area contributed by atoms with Crippen molar-refractivity contribution in [1.82, 2.24) is 0 Å². The Morgan fingerprint density at radius 2 is 2.06 bits per heavy atom. The van der Waals surface area contributed by atoms with Crippen LogP contribution in [0.4, 0.5) is 0 Å². The zero-order valence-corrected chi connectivity index (χ0v) is 10.2. The van der Waals surface area contributed by atoms with Crippen LogP contribution in [0.3, 0.4) is 0 Å². The molecule has 1 N–H and O–H groups in total. The molecule has 18 heavy (non-hydrogen) atoms. The van der Waals surface area contributed by atoms with Gasteiger partial charge >= 0.3 is 11.9 Å². The quantitative estimate of drug-likeness (QED) is 0.809. The molecule has 0 spiro atoms. The van der Waals surface area contributed by atoms with Crippen molar-refractivity contribution in [1.29, 1.82) is 0 Å². The molecule has 0 saturated heterocycles. The SMILES string of the molecule is COC(=O)CC=Cc1cc(OC)ccc1C(=O)O. The molecule has 0 aliphatic carbocycles. The number of carboxylic acids is 1. The molecule has 0 radical (unpaired) electrons. The van der Waals surface area contributed by atoms with Crippen LogP contribution in [0, 0.1) is 0 Å². The molecule has 0 aromatic heterocycles. The van der Waals surface area contributed by atoms with Crippen LogP contribution in [-0.4, -0.2) is 31.3 Å². The van der Waals surface area contributed by atoms with Gasteiger partial charge in [0.05, 0.1) is 26.2 Å². The van der Waals surface area contributed by atoms with Crippen molar-refractivity contribution >= 4 is 18.0 Å². The number of ether oxygens (including phenoxy) is 2. The number of hydrogen-bond acceptors (Lipinski definition) is 4. The van der Waals surface area contributed by atoms with Crippen LogP contribution in [0.5, 0.6) is 5.75 Å². The number of hydrogen-bond donors (Lipinski definition) is 1. The first-order chi connectivity index (χ1) is 8.58. The Morgan fingerprint density at radius 1 is 1.33 bits per heavy atom. The van der Waals surface area contributed by atoms with Gasteiger partial charge in [0.2, 0.25) is 0 Å². The van der Waals surface area contributed by atoms with Crippen molar-refractivity contribution < 1.29 is 24.2 Å². The smallest absolute Gasteiger partial charge is 0.336 e. The summed E-state index contributed by atoms with van der Waals surface area (Å²) in [5.74, 6) is -0.862. The Morgan fingerprint density at radius 3 is 2.61 bits per heavy atom. The molecule has 0 saturated carbocycles. The van der Waals surface area contributed by atoms with Crippen LogP contribution >= 0.6 is 0 Å². The van der Waals surface area contributed by atoms with Gasteiger partial charge in [-0.15, -0.1) is 0 Å². The average Bonchev–Trinajstić information content (AvgIpc) is 2.37. The van der Waals surface area contributed by atoms with Crippen LogP contribution in [0.1, 0.15) is 22.3 Å². The molecule has 0 fully saturated rings. The van der Waals surface area contributed by atoms with Gasteiger partial charge in [-0.1, -0.05) is 12.2 Å². The third-order valence-corrected chi connectivity index (χ3v) is 2.30. The van der Waals surface area contributed by atoms with Crippen LogP contribution in [-0.2, 0) is 9.53 Å². The summed E-state index contributed by atoms with van der Waals surface area (Å²) < 4.78 is 9.50. The molecule has 0 bridgehead atoms. The minimum Gasteiger partial charge on any atom is -0.497 e. The molecule has 1 aromatic rings. The van der Waals surface area contributed by atoms with E-state index in [9.17, 15) is 9.59 Å². The second kappa shape index (κ2) is 6.44. The summed E-state index contributed by atoms with van der Waals surface area (Å²) in [6, 6.07) is 4.62. The van der Waals surface area contributed by atoms with E-state index in [-0.39, 0.29) is 18.0 Å². The highest BCUT2D eigenvalue weighted by Gasteiger charge is 2.08. The van der Waals surface area contributed by atoms with E-state index in [4.69, 9.17) is 9.84 Å². The van der Waals surface area contributed by atoms with Crippen molar-refractivity contribution in [2.75, 3.05) is 14.2 Å². The highest BCUT2D eigenvalue weighted by molar-refractivity contribution is 5.92. The van der Waals surface area contributed by atoms with Crippen LogP contribution < -0.4 is 4.74 Å². The second-order valence-electron chi connectivity index (χ2n) is 3.44. The lowest BCUT2D eigenvalue weighted by Gasteiger charge is -2.04. The molecule has 5 heteroatoms. The summed E-state index contributed by atoms with van der Waals surface area (Å²) in [5.41, 5.74) is 0.627. The van der Waals surface area contributed by atoms with Crippen LogP contribution in [0.15, 0.2) is 24.3 Å². The molecule has 0 amide bonds. The summed E-state index contributed by atoms with van der Waals surface area (Å²) in [6.07, 6.45) is 3.20. The van der Waals surface area contributed by atoms with Gasteiger partial charge in [-0.25, -0.2) is 4.79 Å². The van der Waals surface area contributed by atoms with Gasteiger partial charge in [-0.3, -0.25) is 4.79 Å². The van der Waals surface area contributed by atoms with E-state index >= 15 is 0 Å². The fraction of sp³-hybridized carbons (Fsp3) is 0.231. The number of methoxy groups -OCH3 is 2. The lowest BCUT2D eigenvalue weighted by molar-refractivity contribution is -0.139. The maximum atomic E-state index is 11.0. The van der Waals surface area contributed by atoms with Crippen molar-refractivity contribution in [2.24, 2.45) is 0 Å². The predicted octanol–water partition coefficient (Wildman–Crippen LogP) is 1.97. The third-order valence-electron chi connectivity index (χ3n) is 2.30. The number of carboxylic acid groups (broad SMARTS) is 1. The molecule has 1 aromatic carbocycles. The van der Waals surface area contributed by atoms with Gasteiger partial charge in [0.1, 0.15) is 5.75 Å². The first-order valence-corrected chi connectivity index (χ1v) is 5.23. The van der Waals surface area contributed by atoms with Gasteiger partial charge in [-0.05, 0) is 23.8 Å². The number of carbonyl (C=O) groups excluding carboxylic acids is 1. The summed E-state index contributed by atoms with van der Waals surface area (Å²) >= 11 is 0. The Balaban J connectivity index is 2.97. The molecule has 0 atom stereocenters.